The lowest BCUT2D eigenvalue weighted by atomic mass is 9.95. The summed E-state index contributed by atoms with van der Waals surface area (Å²) < 4.78 is 58.9. The average Bonchev–Trinajstić information content (AvgIpc) is 3.13. The zero-order valence-corrected chi connectivity index (χ0v) is 36.1. The van der Waals surface area contributed by atoms with Gasteiger partial charge in [0.05, 0.1) is 41.4 Å². The van der Waals surface area contributed by atoms with Crippen molar-refractivity contribution in [3.63, 3.8) is 0 Å². The highest BCUT2D eigenvalue weighted by Gasteiger charge is 2.58. The summed E-state index contributed by atoms with van der Waals surface area (Å²) in [5, 5.41) is 11.2. The van der Waals surface area contributed by atoms with E-state index in [1.807, 2.05) is 0 Å². The molecule has 2 rings (SSSR count). The van der Waals surface area contributed by atoms with Gasteiger partial charge in [-0.25, -0.2) is 0 Å². The first-order valence-corrected chi connectivity index (χ1v) is 19.9. The highest BCUT2D eigenvalue weighted by atomic mass is 16.8. The Bertz CT molecular complexity index is 1420. The van der Waals surface area contributed by atoms with Gasteiger partial charge in [0.25, 0.3) is 0 Å². The fraction of sp³-hybridized carbons (Fsp3) is 0.825. The first kappa shape index (κ1) is 50.3. The lowest BCUT2D eigenvalue weighted by molar-refractivity contribution is -0.358. The fourth-order valence-electron chi connectivity index (χ4n) is 5.14. The summed E-state index contributed by atoms with van der Waals surface area (Å²) in [6.07, 6.45) is -16.8. The van der Waals surface area contributed by atoms with Crippen molar-refractivity contribution in [3.05, 3.63) is 0 Å². The van der Waals surface area contributed by atoms with Crippen LogP contribution in [0.1, 0.15) is 96.9 Å². The van der Waals surface area contributed by atoms with E-state index in [0.29, 0.717) is 0 Å². The first-order chi connectivity index (χ1) is 26.9. The summed E-state index contributed by atoms with van der Waals surface area (Å²) in [7, 11) is 0. The van der Waals surface area contributed by atoms with E-state index in [0.717, 1.165) is 0 Å². The highest BCUT2D eigenvalue weighted by Crippen LogP contribution is 2.36. The molecule has 332 valence electrons. The molecule has 2 aliphatic heterocycles. The molecule has 0 radical (unpaired) electrons. The predicted molar refractivity (Wildman–Crippen MR) is 200 cm³/mol. The fourth-order valence-corrected chi connectivity index (χ4v) is 5.14. The molecule has 1 N–H and O–H groups in total. The van der Waals surface area contributed by atoms with Crippen molar-refractivity contribution in [1.82, 2.24) is 0 Å². The molecule has 0 amide bonds. The third-order valence-corrected chi connectivity index (χ3v) is 8.83. The van der Waals surface area contributed by atoms with Crippen LogP contribution in [0.15, 0.2) is 0 Å². The molecule has 2 fully saturated rings. The number of hydrogen-bond acceptors (Lipinski definition) is 18. The molecule has 0 spiro atoms. The third-order valence-electron chi connectivity index (χ3n) is 8.83. The van der Waals surface area contributed by atoms with Crippen LogP contribution in [-0.2, 0) is 80.9 Å². The quantitative estimate of drug-likeness (QED) is 0.154. The molecule has 10 atom stereocenters. The van der Waals surface area contributed by atoms with E-state index in [1.54, 1.807) is 55.4 Å². The molecule has 2 saturated heterocycles. The van der Waals surface area contributed by atoms with Crippen LogP contribution in [0.5, 0.6) is 0 Å². The summed E-state index contributed by atoms with van der Waals surface area (Å²) >= 11 is 0. The van der Waals surface area contributed by atoms with Crippen LogP contribution < -0.4 is 0 Å². The third kappa shape index (κ3) is 14.2. The van der Waals surface area contributed by atoms with Crippen molar-refractivity contribution < 1.29 is 86.0 Å². The van der Waals surface area contributed by atoms with Crippen LogP contribution in [0.4, 0.5) is 0 Å². The zero-order chi connectivity index (χ0) is 44.3. The van der Waals surface area contributed by atoms with E-state index in [2.05, 4.69) is 0 Å². The van der Waals surface area contributed by atoms with Gasteiger partial charge >= 0.3 is 41.8 Å². The Labute approximate surface area is 340 Å². The van der Waals surface area contributed by atoms with Crippen LogP contribution in [-0.4, -0.2) is 122 Å². The van der Waals surface area contributed by atoms with Crippen LogP contribution in [0, 0.1) is 41.4 Å². The summed E-state index contributed by atoms with van der Waals surface area (Å²) in [6.45, 7) is 20.6. The molecule has 2 aliphatic rings. The zero-order valence-electron chi connectivity index (χ0n) is 36.1. The molecule has 5 unspecified atom stereocenters. The molecule has 58 heavy (non-hydrogen) atoms. The number of rotatable bonds is 18. The second-order valence-corrected chi connectivity index (χ2v) is 16.6. The molecule has 0 aliphatic carbocycles. The van der Waals surface area contributed by atoms with E-state index in [4.69, 9.17) is 47.4 Å². The van der Waals surface area contributed by atoms with Gasteiger partial charge in [0.1, 0.15) is 31.5 Å². The van der Waals surface area contributed by atoms with Gasteiger partial charge in [0.15, 0.2) is 43.1 Å². The number of hydrogen-bond donors (Lipinski definition) is 1. The van der Waals surface area contributed by atoms with Crippen molar-refractivity contribution in [1.29, 1.82) is 0 Å². The van der Waals surface area contributed by atoms with Gasteiger partial charge < -0.3 is 52.5 Å². The maximum atomic E-state index is 13.4. The van der Waals surface area contributed by atoms with Gasteiger partial charge in [-0.1, -0.05) is 96.9 Å². The molecule has 0 bridgehead atoms. The monoisotopic (exact) mass is 832 g/mol. The Morgan fingerprint density at radius 1 is 0.397 bits per heavy atom. The van der Waals surface area contributed by atoms with Gasteiger partial charge in [0.2, 0.25) is 0 Å². The van der Waals surface area contributed by atoms with Crippen molar-refractivity contribution >= 4 is 41.8 Å². The van der Waals surface area contributed by atoms with Crippen molar-refractivity contribution in [2.45, 2.75) is 158 Å². The lowest BCUT2D eigenvalue weighted by Gasteiger charge is -2.48. The van der Waals surface area contributed by atoms with Crippen LogP contribution in [0.3, 0.4) is 0 Å². The van der Waals surface area contributed by atoms with Crippen LogP contribution >= 0.6 is 0 Å². The Morgan fingerprint density at radius 2 is 0.690 bits per heavy atom. The summed E-state index contributed by atoms with van der Waals surface area (Å²) in [5.74, 6) is -10.2. The van der Waals surface area contributed by atoms with E-state index in [9.17, 15) is 38.7 Å². The maximum Gasteiger partial charge on any atom is 0.308 e. The number of esters is 7. The minimum atomic E-state index is -1.94. The smallest absolute Gasteiger partial charge is 0.308 e. The molecule has 0 aromatic carbocycles. The molecule has 2 heterocycles. The Kier molecular flexibility index (Phi) is 19.5. The first-order valence-electron chi connectivity index (χ1n) is 19.9. The number of aliphatic hydroxyl groups excluding tert-OH is 1. The average molecular weight is 833 g/mol. The molecule has 0 aromatic heterocycles. The van der Waals surface area contributed by atoms with E-state index in [-0.39, 0.29) is 0 Å². The molecule has 18 nitrogen and oxygen atoms in total. The van der Waals surface area contributed by atoms with Gasteiger partial charge in [-0.3, -0.25) is 33.6 Å². The minimum absolute atomic E-state index is 0.580. The lowest BCUT2D eigenvalue weighted by Crippen LogP contribution is -2.67. The van der Waals surface area contributed by atoms with Crippen molar-refractivity contribution in [3.8, 4) is 0 Å². The Morgan fingerprint density at radius 3 is 1.05 bits per heavy atom. The summed E-state index contributed by atoms with van der Waals surface area (Å²) in [5.41, 5.74) is 0. The molecular formula is C40H64O18. The normalized spacial score (nSPS) is 27.5. The molecule has 0 aromatic rings. The number of aliphatic hydroxyl groups is 1. The second-order valence-electron chi connectivity index (χ2n) is 16.6. The maximum absolute atomic E-state index is 13.4. The number of carbonyl (C=O) groups is 7. The van der Waals surface area contributed by atoms with Crippen LogP contribution in [0.2, 0.25) is 0 Å². The Hall–Kier alpha value is -3.87. The minimum Gasteiger partial charge on any atom is -0.463 e. The summed E-state index contributed by atoms with van der Waals surface area (Å²) in [6, 6.07) is 0. The predicted octanol–water partition coefficient (Wildman–Crippen LogP) is 3.05. The molecule has 0 saturated carbocycles. The van der Waals surface area contributed by atoms with Crippen molar-refractivity contribution in [2.24, 2.45) is 41.4 Å². The van der Waals surface area contributed by atoms with Gasteiger partial charge in [-0.2, -0.15) is 0 Å². The topological polar surface area (TPSA) is 232 Å². The van der Waals surface area contributed by atoms with E-state index < -0.39 is 158 Å². The van der Waals surface area contributed by atoms with E-state index >= 15 is 0 Å². The van der Waals surface area contributed by atoms with Gasteiger partial charge in [-0.15, -0.1) is 0 Å². The van der Waals surface area contributed by atoms with E-state index in [1.165, 1.54) is 41.5 Å². The second kappa shape index (κ2) is 22.5. The van der Waals surface area contributed by atoms with Gasteiger partial charge in [0, 0.05) is 0 Å². The number of ether oxygens (including phenoxy) is 10. The molecular weight excluding hydrogens is 768 g/mol. The standard InChI is InChI=1S/C40H64O18/c1-17(2)32(41)49-15-24-27(28(54-35(44)20(7)8)30(39(48)51-24)56-37(46)22(11)12)58-40-31(57-38(47)23(13)14)29(55-36(45)21(9)10)26(53-34(43)19(5)6)25(52-40)16-50-33(42)18(3)4/h17-31,39-40,48H,15-16H2,1-14H3/t24?,25?,26-,27+,28-,29-,30?,31?,39?,40-/m0/s1. The number of carbonyl (C=O) groups excluding carboxylic acids is 7. The highest BCUT2D eigenvalue weighted by molar-refractivity contribution is 5.75. The SMILES string of the molecule is CC(C)C(=O)OCC1OC(O)C(OC(=O)C(C)C)[C@@H](OC(=O)C(C)C)[C@@H]1O[C@@H]1OC(COC(=O)C(C)C)[C@H](OC(=O)C(C)C)[C@H](OC(=O)C(C)C)C1OC(=O)C(C)C. The van der Waals surface area contributed by atoms with Gasteiger partial charge in [-0.05, 0) is 0 Å². The Balaban J connectivity index is 2.93. The largest absolute Gasteiger partial charge is 0.463 e. The summed E-state index contributed by atoms with van der Waals surface area (Å²) in [4.78, 5) is 91.6. The molecule has 18 heteroatoms. The van der Waals surface area contributed by atoms with Crippen LogP contribution in [0.25, 0.3) is 0 Å². The van der Waals surface area contributed by atoms with Crippen molar-refractivity contribution in [2.75, 3.05) is 13.2 Å².